The summed E-state index contributed by atoms with van der Waals surface area (Å²) in [6.07, 6.45) is 3.63. The minimum absolute atomic E-state index is 0.207. The second-order valence-corrected chi connectivity index (χ2v) is 10.3. The van der Waals surface area contributed by atoms with Crippen LogP contribution in [0.3, 0.4) is 0 Å². The summed E-state index contributed by atoms with van der Waals surface area (Å²) in [4.78, 5) is 8.84. The van der Waals surface area contributed by atoms with Crippen LogP contribution in [0, 0.1) is 5.92 Å². The first-order valence-electron chi connectivity index (χ1n) is 6.46. The van der Waals surface area contributed by atoms with Crippen molar-refractivity contribution in [2.45, 2.75) is 39.5 Å². The van der Waals surface area contributed by atoms with Gasteiger partial charge < -0.3 is 4.43 Å². The van der Waals surface area contributed by atoms with E-state index >= 15 is 0 Å². The van der Waals surface area contributed by atoms with Crippen LogP contribution in [0.2, 0.25) is 19.6 Å². The van der Waals surface area contributed by atoms with Gasteiger partial charge in [0, 0.05) is 12.4 Å². The van der Waals surface area contributed by atoms with Gasteiger partial charge in [-0.05, 0) is 37.7 Å². The normalized spacial score (nSPS) is 14.3. The van der Waals surface area contributed by atoms with Crippen LogP contribution < -0.4 is 0 Å². The molecule has 100 valence electrons. The van der Waals surface area contributed by atoms with Crippen LogP contribution in [0.5, 0.6) is 0 Å². The highest BCUT2D eigenvalue weighted by atomic mass is 28.4. The Bertz CT molecular complexity index is 371. The maximum absolute atomic E-state index is 5.95. The molecule has 0 saturated heterocycles. The third-order valence-electron chi connectivity index (χ3n) is 2.54. The molecular formula is C14H24N2OSi. The maximum Gasteiger partial charge on any atom is 0.183 e. The SMILES string of the molecule is CC(C)[C@@H](CO[Si](C)(C)C)/N=C/c1ccccn1. The summed E-state index contributed by atoms with van der Waals surface area (Å²) in [7, 11) is -1.46. The molecule has 1 atom stereocenters. The van der Waals surface area contributed by atoms with Crippen LogP contribution in [0.25, 0.3) is 0 Å². The molecule has 0 fully saturated rings. The minimum atomic E-state index is -1.46. The van der Waals surface area contributed by atoms with Gasteiger partial charge in [0.1, 0.15) is 0 Å². The van der Waals surface area contributed by atoms with Crippen LogP contribution in [-0.2, 0) is 4.43 Å². The lowest BCUT2D eigenvalue weighted by Crippen LogP contribution is -2.31. The van der Waals surface area contributed by atoms with Crippen molar-refractivity contribution in [1.82, 2.24) is 4.98 Å². The minimum Gasteiger partial charge on any atom is -0.415 e. The summed E-state index contributed by atoms with van der Waals surface area (Å²) in [6.45, 7) is 11.7. The highest BCUT2D eigenvalue weighted by Crippen LogP contribution is 2.11. The van der Waals surface area contributed by atoms with Crippen LogP contribution in [0.15, 0.2) is 29.4 Å². The fourth-order valence-electron chi connectivity index (χ4n) is 1.37. The van der Waals surface area contributed by atoms with Crippen molar-refractivity contribution < 1.29 is 4.43 Å². The van der Waals surface area contributed by atoms with Crippen LogP contribution >= 0.6 is 0 Å². The first-order chi connectivity index (χ1) is 8.38. The standard InChI is InChI=1S/C14H24N2OSi/c1-12(2)14(11-17-18(3,4)5)16-10-13-8-6-7-9-15-13/h6-10,12,14H,11H2,1-5H3/b16-10+/t14-/m1/s1. The molecule has 0 radical (unpaired) electrons. The average molecular weight is 264 g/mol. The molecule has 0 amide bonds. The van der Waals surface area contributed by atoms with E-state index in [2.05, 4.69) is 43.5 Å². The third-order valence-corrected chi connectivity index (χ3v) is 3.58. The van der Waals surface area contributed by atoms with Crippen LogP contribution in [0.4, 0.5) is 0 Å². The lowest BCUT2D eigenvalue weighted by atomic mass is 10.1. The van der Waals surface area contributed by atoms with Crippen molar-refractivity contribution in [2.75, 3.05) is 6.61 Å². The third kappa shape index (κ3) is 6.07. The van der Waals surface area contributed by atoms with Gasteiger partial charge in [-0.3, -0.25) is 9.98 Å². The number of aromatic nitrogens is 1. The summed E-state index contributed by atoms with van der Waals surface area (Å²) in [5, 5.41) is 0. The van der Waals surface area contributed by atoms with Gasteiger partial charge in [-0.15, -0.1) is 0 Å². The Morgan fingerprint density at radius 1 is 1.33 bits per heavy atom. The molecule has 0 aromatic carbocycles. The van der Waals surface area contributed by atoms with Gasteiger partial charge in [0.05, 0.1) is 18.3 Å². The van der Waals surface area contributed by atoms with E-state index in [1.54, 1.807) is 6.20 Å². The number of aliphatic imine (C=N–C) groups is 1. The molecule has 0 aliphatic rings. The lowest BCUT2D eigenvalue weighted by Gasteiger charge is -2.23. The first-order valence-corrected chi connectivity index (χ1v) is 9.87. The van der Waals surface area contributed by atoms with Crippen molar-refractivity contribution in [1.29, 1.82) is 0 Å². The molecule has 0 aliphatic carbocycles. The monoisotopic (exact) mass is 264 g/mol. The van der Waals surface area contributed by atoms with E-state index in [-0.39, 0.29) is 6.04 Å². The largest absolute Gasteiger partial charge is 0.415 e. The van der Waals surface area contributed by atoms with Crippen molar-refractivity contribution in [3.8, 4) is 0 Å². The molecule has 0 aliphatic heterocycles. The molecule has 1 heterocycles. The molecular weight excluding hydrogens is 240 g/mol. The number of hydrogen-bond donors (Lipinski definition) is 0. The molecule has 1 aromatic heterocycles. The molecule has 18 heavy (non-hydrogen) atoms. The van der Waals surface area contributed by atoms with Gasteiger partial charge in [0.25, 0.3) is 0 Å². The van der Waals surface area contributed by atoms with E-state index in [9.17, 15) is 0 Å². The van der Waals surface area contributed by atoms with Gasteiger partial charge in [0.15, 0.2) is 8.32 Å². The van der Waals surface area contributed by atoms with Crippen molar-refractivity contribution in [3.63, 3.8) is 0 Å². The number of nitrogens with zero attached hydrogens (tertiary/aromatic N) is 2. The fraction of sp³-hybridized carbons (Fsp3) is 0.571. The topological polar surface area (TPSA) is 34.5 Å². The van der Waals surface area contributed by atoms with Gasteiger partial charge in [-0.25, -0.2) is 0 Å². The van der Waals surface area contributed by atoms with Crippen molar-refractivity contribution in [2.24, 2.45) is 10.9 Å². The molecule has 3 nitrogen and oxygen atoms in total. The van der Waals surface area contributed by atoms with Gasteiger partial charge in [0.2, 0.25) is 0 Å². The highest BCUT2D eigenvalue weighted by molar-refractivity contribution is 6.69. The van der Waals surface area contributed by atoms with Gasteiger partial charge in [-0.2, -0.15) is 0 Å². The Hall–Kier alpha value is -1.00. The fourth-order valence-corrected chi connectivity index (χ4v) is 2.04. The Morgan fingerprint density at radius 2 is 2.06 bits per heavy atom. The Morgan fingerprint density at radius 3 is 2.56 bits per heavy atom. The predicted octanol–water partition coefficient (Wildman–Crippen LogP) is 3.38. The summed E-state index contributed by atoms with van der Waals surface area (Å²) in [5.41, 5.74) is 0.899. The Labute approximate surface area is 111 Å². The maximum atomic E-state index is 5.95. The van der Waals surface area contributed by atoms with E-state index in [0.29, 0.717) is 12.5 Å². The molecule has 1 rings (SSSR count). The second kappa shape index (κ2) is 6.80. The van der Waals surface area contributed by atoms with Crippen molar-refractivity contribution >= 4 is 14.5 Å². The van der Waals surface area contributed by atoms with Gasteiger partial charge in [-0.1, -0.05) is 19.9 Å². The zero-order chi connectivity index (χ0) is 13.6. The summed E-state index contributed by atoms with van der Waals surface area (Å²) >= 11 is 0. The predicted molar refractivity (Wildman–Crippen MR) is 79.8 cm³/mol. The number of pyridine rings is 1. The zero-order valence-electron chi connectivity index (χ0n) is 12.1. The van der Waals surface area contributed by atoms with E-state index in [0.717, 1.165) is 5.69 Å². The van der Waals surface area contributed by atoms with Crippen LogP contribution in [0.1, 0.15) is 19.5 Å². The van der Waals surface area contributed by atoms with E-state index in [1.165, 1.54) is 0 Å². The van der Waals surface area contributed by atoms with Crippen LogP contribution in [-0.4, -0.2) is 32.2 Å². The molecule has 4 heteroatoms. The molecule has 1 aromatic rings. The zero-order valence-corrected chi connectivity index (χ0v) is 13.1. The van der Waals surface area contributed by atoms with Crippen molar-refractivity contribution in [3.05, 3.63) is 30.1 Å². The first kappa shape index (κ1) is 15.1. The number of rotatable bonds is 6. The molecule has 0 unspecified atom stereocenters. The molecule has 0 saturated carbocycles. The number of hydrogen-bond acceptors (Lipinski definition) is 3. The Kier molecular flexibility index (Phi) is 5.69. The highest BCUT2D eigenvalue weighted by Gasteiger charge is 2.19. The molecule has 0 spiro atoms. The van der Waals surface area contributed by atoms with Gasteiger partial charge >= 0.3 is 0 Å². The van der Waals surface area contributed by atoms with E-state index < -0.39 is 8.32 Å². The summed E-state index contributed by atoms with van der Waals surface area (Å²) < 4.78 is 5.95. The Balaban J connectivity index is 2.61. The summed E-state index contributed by atoms with van der Waals surface area (Å²) in [6, 6.07) is 6.04. The second-order valence-electron chi connectivity index (χ2n) is 5.77. The molecule has 0 N–H and O–H groups in total. The lowest BCUT2D eigenvalue weighted by molar-refractivity contribution is 0.255. The smallest absolute Gasteiger partial charge is 0.183 e. The van der Waals surface area contributed by atoms with E-state index in [4.69, 9.17) is 4.43 Å². The quantitative estimate of drug-likeness (QED) is 0.583. The molecule has 0 bridgehead atoms. The van der Waals surface area contributed by atoms with E-state index in [1.807, 2.05) is 24.4 Å². The average Bonchev–Trinajstić information content (AvgIpc) is 2.28. The summed E-state index contributed by atoms with van der Waals surface area (Å²) in [5.74, 6) is 0.473.